The van der Waals surface area contributed by atoms with Gasteiger partial charge in [-0.1, -0.05) is 0 Å². The van der Waals surface area contributed by atoms with E-state index in [0.717, 1.165) is 4.83 Å². The van der Waals surface area contributed by atoms with Gasteiger partial charge in [0.05, 0.1) is 12.0 Å². The molecule has 1 N–H and O–H groups in total. The summed E-state index contributed by atoms with van der Waals surface area (Å²) in [6, 6.07) is 0.979. The van der Waals surface area contributed by atoms with E-state index < -0.39 is 12.0 Å². The average molecular weight is 284 g/mol. The van der Waals surface area contributed by atoms with Crippen molar-refractivity contribution in [2.75, 3.05) is 6.61 Å². The lowest BCUT2D eigenvalue weighted by atomic mass is 10.3. The van der Waals surface area contributed by atoms with Crippen molar-refractivity contribution in [3.05, 3.63) is 26.6 Å². The Morgan fingerprint density at radius 2 is 2.39 bits per heavy atom. The second-order valence-corrected chi connectivity index (χ2v) is 5.00. The third-order valence-corrected chi connectivity index (χ3v) is 3.70. The molecule has 0 aliphatic rings. The zero-order chi connectivity index (χ0) is 13.3. The van der Waals surface area contributed by atoms with Crippen LogP contribution in [0.4, 0.5) is 0 Å². The number of rotatable bonds is 3. The third kappa shape index (κ3) is 2.11. The van der Waals surface area contributed by atoms with Crippen LogP contribution in [0, 0.1) is 4.77 Å². The van der Waals surface area contributed by atoms with Crippen molar-refractivity contribution < 1.29 is 9.53 Å². The van der Waals surface area contributed by atoms with Gasteiger partial charge in [0.25, 0.3) is 5.56 Å². The van der Waals surface area contributed by atoms with Crippen LogP contribution in [0.5, 0.6) is 0 Å². The minimum Gasteiger partial charge on any atom is -0.464 e. The normalized spacial score (nSPS) is 12.6. The van der Waals surface area contributed by atoms with Gasteiger partial charge in [-0.05, 0) is 37.5 Å². The van der Waals surface area contributed by atoms with Crippen molar-refractivity contribution in [1.29, 1.82) is 0 Å². The molecule has 0 fully saturated rings. The van der Waals surface area contributed by atoms with Gasteiger partial charge in [0.15, 0.2) is 4.77 Å². The van der Waals surface area contributed by atoms with Crippen molar-refractivity contribution in [2.24, 2.45) is 0 Å². The number of aromatic amines is 1. The molecule has 0 aliphatic carbocycles. The molecule has 1 unspecified atom stereocenters. The molecule has 0 spiro atoms. The molecule has 0 radical (unpaired) electrons. The number of esters is 1. The van der Waals surface area contributed by atoms with Gasteiger partial charge in [-0.15, -0.1) is 11.3 Å². The van der Waals surface area contributed by atoms with E-state index in [0.29, 0.717) is 5.39 Å². The van der Waals surface area contributed by atoms with Crippen LogP contribution in [0.3, 0.4) is 0 Å². The van der Waals surface area contributed by atoms with E-state index in [1.807, 2.05) is 0 Å². The topological polar surface area (TPSA) is 64.1 Å². The molecule has 2 aromatic heterocycles. The Kier molecular flexibility index (Phi) is 3.63. The molecule has 18 heavy (non-hydrogen) atoms. The van der Waals surface area contributed by atoms with E-state index in [1.165, 1.54) is 15.9 Å². The summed E-state index contributed by atoms with van der Waals surface area (Å²) < 4.78 is 6.39. The zero-order valence-electron chi connectivity index (χ0n) is 9.93. The first-order chi connectivity index (χ1) is 8.56. The number of nitrogens with zero attached hydrogens (tertiary/aromatic N) is 1. The Balaban J connectivity index is 2.60. The van der Waals surface area contributed by atoms with Crippen molar-refractivity contribution >= 4 is 39.7 Å². The van der Waals surface area contributed by atoms with E-state index in [9.17, 15) is 9.59 Å². The number of H-pyrrole nitrogens is 1. The molecule has 0 saturated heterocycles. The molecule has 2 heterocycles. The maximum Gasteiger partial charge on any atom is 0.329 e. The van der Waals surface area contributed by atoms with Gasteiger partial charge in [-0.3, -0.25) is 9.36 Å². The molecule has 0 amide bonds. The number of nitrogens with one attached hydrogen (secondary N) is 1. The summed E-state index contributed by atoms with van der Waals surface area (Å²) in [5.41, 5.74) is -0.268. The number of carbonyl (C=O) groups is 1. The summed E-state index contributed by atoms with van der Waals surface area (Å²) in [4.78, 5) is 27.6. The first-order valence-corrected chi connectivity index (χ1v) is 6.73. The predicted molar refractivity (Wildman–Crippen MR) is 72.6 cm³/mol. The van der Waals surface area contributed by atoms with Crippen LogP contribution < -0.4 is 5.56 Å². The van der Waals surface area contributed by atoms with Crippen LogP contribution in [0.1, 0.15) is 19.9 Å². The monoisotopic (exact) mass is 284 g/mol. The van der Waals surface area contributed by atoms with Crippen molar-refractivity contribution in [1.82, 2.24) is 9.55 Å². The quantitative estimate of drug-likeness (QED) is 0.693. The highest BCUT2D eigenvalue weighted by Gasteiger charge is 2.20. The van der Waals surface area contributed by atoms with Crippen LogP contribution in [-0.4, -0.2) is 22.1 Å². The van der Waals surface area contributed by atoms with Crippen LogP contribution in [0.25, 0.3) is 10.2 Å². The minimum absolute atomic E-state index is 0.232. The molecule has 2 aromatic rings. The van der Waals surface area contributed by atoms with Gasteiger partial charge in [0, 0.05) is 0 Å². The maximum atomic E-state index is 12.2. The highest BCUT2D eigenvalue weighted by atomic mass is 32.1. The largest absolute Gasteiger partial charge is 0.464 e. The van der Waals surface area contributed by atoms with Gasteiger partial charge in [-0.25, -0.2) is 4.79 Å². The standard InChI is InChI=1S/C11H12N2O3S2/c1-3-16-10(15)6(2)13-9(14)7-4-5-18-8(7)12-11(13)17/h4-6H,3H2,1-2H3,(H,12,17). The fourth-order valence-electron chi connectivity index (χ4n) is 1.67. The number of ether oxygens (including phenoxy) is 1. The van der Waals surface area contributed by atoms with E-state index >= 15 is 0 Å². The number of thiophene rings is 1. The molecule has 5 nitrogen and oxygen atoms in total. The van der Waals surface area contributed by atoms with Crippen LogP contribution in [0.2, 0.25) is 0 Å². The van der Waals surface area contributed by atoms with Crippen molar-refractivity contribution in [3.8, 4) is 0 Å². The number of fused-ring (bicyclic) bond motifs is 1. The Labute approximate surface area is 112 Å². The Morgan fingerprint density at radius 1 is 1.67 bits per heavy atom. The second kappa shape index (κ2) is 5.03. The van der Waals surface area contributed by atoms with E-state index in [1.54, 1.807) is 25.3 Å². The number of hydrogen-bond donors (Lipinski definition) is 1. The van der Waals surface area contributed by atoms with Gasteiger partial charge < -0.3 is 9.72 Å². The summed E-state index contributed by atoms with van der Waals surface area (Å²) in [6.07, 6.45) is 0. The Hall–Kier alpha value is -1.47. The van der Waals surface area contributed by atoms with E-state index in [2.05, 4.69) is 4.98 Å². The highest BCUT2D eigenvalue weighted by molar-refractivity contribution is 7.71. The Bertz CT molecular complexity index is 698. The first-order valence-electron chi connectivity index (χ1n) is 5.45. The minimum atomic E-state index is -0.731. The average Bonchev–Trinajstić information content (AvgIpc) is 2.77. The first kappa shape index (κ1) is 13.0. The molecular weight excluding hydrogens is 272 g/mol. The fraction of sp³-hybridized carbons (Fsp3) is 0.364. The van der Waals surface area contributed by atoms with Gasteiger partial charge in [0.1, 0.15) is 10.9 Å². The van der Waals surface area contributed by atoms with Crippen LogP contribution >= 0.6 is 23.6 Å². The second-order valence-electron chi connectivity index (χ2n) is 3.70. The molecule has 0 aliphatic heterocycles. The zero-order valence-corrected chi connectivity index (χ0v) is 11.6. The summed E-state index contributed by atoms with van der Waals surface area (Å²) in [5, 5.41) is 2.33. The summed E-state index contributed by atoms with van der Waals surface area (Å²) in [7, 11) is 0. The fourth-order valence-corrected chi connectivity index (χ4v) is 2.86. The Morgan fingerprint density at radius 3 is 3.06 bits per heavy atom. The lowest BCUT2D eigenvalue weighted by molar-refractivity contribution is -0.146. The third-order valence-electron chi connectivity index (χ3n) is 2.57. The molecule has 96 valence electrons. The van der Waals surface area contributed by atoms with Crippen molar-refractivity contribution in [3.63, 3.8) is 0 Å². The SMILES string of the molecule is CCOC(=O)C(C)n1c(=S)[nH]c2sccc2c1=O. The molecule has 2 rings (SSSR count). The molecular formula is C11H12N2O3S2. The highest BCUT2D eigenvalue weighted by Crippen LogP contribution is 2.16. The maximum absolute atomic E-state index is 12.2. The molecule has 1 atom stereocenters. The van der Waals surface area contributed by atoms with Crippen LogP contribution in [-0.2, 0) is 9.53 Å². The van der Waals surface area contributed by atoms with Gasteiger partial charge >= 0.3 is 5.97 Å². The number of aromatic nitrogens is 2. The van der Waals surface area contributed by atoms with Gasteiger partial charge in [0.2, 0.25) is 0 Å². The number of carbonyl (C=O) groups excluding carboxylic acids is 1. The summed E-state index contributed by atoms with van der Waals surface area (Å²) in [6.45, 7) is 3.59. The lowest BCUT2D eigenvalue weighted by Crippen LogP contribution is -2.30. The van der Waals surface area contributed by atoms with Crippen molar-refractivity contribution in [2.45, 2.75) is 19.9 Å². The van der Waals surface area contributed by atoms with Crippen LogP contribution in [0.15, 0.2) is 16.2 Å². The van der Waals surface area contributed by atoms with E-state index in [-0.39, 0.29) is 16.9 Å². The molecule has 0 bridgehead atoms. The van der Waals surface area contributed by atoms with E-state index in [4.69, 9.17) is 17.0 Å². The molecule has 0 saturated carbocycles. The number of hydrogen-bond acceptors (Lipinski definition) is 5. The summed E-state index contributed by atoms with van der Waals surface area (Å²) in [5.74, 6) is -0.464. The molecule has 7 heteroatoms. The smallest absolute Gasteiger partial charge is 0.329 e. The molecule has 0 aromatic carbocycles. The predicted octanol–water partition coefficient (Wildman–Crippen LogP) is 2.24. The summed E-state index contributed by atoms with van der Waals surface area (Å²) >= 11 is 6.52. The van der Waals surface area contributed by atoms with Gasteiger partial charge in [-0.2, -0.15) is 0 Å². The lowest BCUT2D eigenvalue weighted by Gasteiger charge is -2.13.